The quantitative estimate of drug-likeness (QED) is 0.126. The largest absolute Gasteiger partial charge is 0.353 e. The van der Waals surface area contributed by atoms with E-state index in [-0.39, 0.29) is 60.1 Å². The zero-order chi connectivity index (χ0) is 49.2. The van der Waals surface area contributed by atoms with Crippen LogP contribution in [0.5, 0.6) is 0 Å². The minimum absolute atomic E-state index is 0.00937. The summed E-state index contributed by atoms with van der Waals surface area (Å²) >= 11 is 13.0. The van der Waals surface area contributed by atoms with Crippen LogP contribution in [0.3, 0.4) is 0 Å². The van der Waals surface area contributed by atoms with Gasteiger partial charge in [-0.05, 0) is 131 Å². The molecule has 4 fully saturated rings. The molecule has 3 saturated heterocycles. The fourth-order valence-corrected chi connectivity index (χ4v) is 12.7. The number of fused-ring (bicyclic) bond motifs is 1. The fraction of sp³-hybridized carbons (Fsp3) is 0.528. The summed E-state index contributed by atoms with van der Waals surface area (Å²) in [7, 11) is -3.58. The number of nitrogens with one attached hydrogen (secondary N) is 2. The SMILES string of the molecule is CC(C)[C@@H](CS(=O)(=O)C(C)C)N1C(=O)[C@@](C)(CC(=O)NC2CCC(CN3CCC(C#Cc4cccn5c(N6CCC(=O)NC6=O)cnc45)CC3)CC2)C[C@H](c2cccc(Cl)c2)[C@H]1c1ccc(Cl)cc1. The fourth-order valence-electron chi connectivity index (χ4n) is 10.9. The summed E-state index contributed by atoms with van der Waals surface area (Å²) in [5, 5.41) is 6.19. The summed E-state index contributed by atoms with van der Waals surface area (Å²) in [6.45, 7) is 12.4. The Balaban J connectivity index is 0.890. The van der Waals surface area contributed by atoms with Gasteiger partial charge in [-0.25, -0.2) is 18.2 Å². The molecular weight excluding hydrogens is 934 g/mol. The first-order chi connectivity index (χ1) is 32.9. The maximum absolute atomic E-state index is 15.3. The zero-order valence-corrected chi connectivity index (χ0v) is 42.6. The summed E-state index contributed by atoms with van der Waals surface area (Å²) in [4.78, 5) is 64.2. The molecule has 8 rings (SSSR count). The van der Waals surface area contributed by atoms with E-state index >= 15 is 4.79 Å². The van der Waals surface area contributed by atoms with E-state index < -0.39 is 38.6 Å². The van der Waals surface area contributed by atoms with Gasteiger partial charge in [0.1, 0.15) is 5.82 Å². The van der Waals surface area contributed by atoms with E-state index in [9.17, 15) is 22.8 Å². The second kappa shape index (κ2) is 21.2. The Hall–Kier alpha value is -4.94. The number of likely N-dealkylation sites (tertiary alicyclic amines) is 2. The van der Waals surface area contributed by atoms with Crippen LogP contribution in [0.2, 0.25) is 10.0 Å². The molecule has 0 spiro atoms. The molecule has 5 amide bonds. The molecule has 1 saturated carbocycles. The van der Waals surface area contributed by atoms with Gasteiger partial charge in [0.25, 0.3) is 0 Å². The average Bonchev–Trinajstić information content (AvgIpc) is 3.74. The van der Waals surface area contributed by atoms with Crippen molar-refractivity contribution in [3.8, 4) is 11.8 Å². The maximum Gasteiger partial charge on any atom is 0.329 e. The van der Waals surface area contributed by atoms with Gasteiger partial charge in [0.05, 0.1) is 34.2 Å². The van der Waals surface area contributed by atoms with E-state index in [0.29, 0.717) is 40.4 Å². The highest BCUT2D eigenvalue weighted by molar-refractivity contribution is 7.92. The van der Waals surface area contributed by atoms with Crippen LogP contribution < -0.4 is 15.5 Å². The van der Waals surface area contributed by atoms with Crippen LogP contribution in [0, 0.1) is 35.0 Å². The number of anilines is 1. The molecule has 1 aliphatic carbocycles. The first-order valence-corrected chi connectivity index (χ1v) is 27.0. The lowest BCUT2D eigenvalue weighted by molar-refractivity contribution is -0.158. The number of urea groups is 1. The molecule has 2 aromatic heterocycles. The number of piperidine rings is 2. The second-order valence-corrected chi connectivity index (χ2v) is 24.1. The van der Waals surface area contributed by atoms with Gasteiger partial charge >= 0.3 is 6.03 Å². The highest BCUT2D eigenvalue weighted by Gasteiger charge is 2.53. The molecule has 4 aromatic rings. The van der Waals surface area contributed by atoms with Crippen LogP contribution in [-0.2, 0) is 24.2 Å². The van der Waals surface area contributed by atoms with Gasteiger partial charge in [0.2, 0.25) is 17.7 Å². The Bertz CT molecular complexity index is 2720. The molecule has 3 aliphatic heterocycles. The first-order valence-electron chi connectivity index (χ1n) is 24.5. The summed E-state index contributed by atoms with van der Waals surface area (Å²) in [6.07, 6.45) is 9.76. The summed E-state index contributed by atoms with van der Waals surface area (Å²) in [5.74, 6) is 6.89. The van der Waals surface area contributed by atoms with Gasteiger partial charge in [-0.1, -0.05) is 80.1 Å². The Morgan fingerprint density at radius 2 is 1.64 bits per heavy atom. The normalized spacial score (nSPS) is 24.6. The number of halogens is 2. The van der Waals surface area contributed by atoms with Crippen molar-refractivity contribution >= 4 is 68.3 Å². The Labute approximate surface area is 417 Å². The van der Waals surface area contributed by atoms with Gasteiger partial charge in [0.15, 0.2) is 15.5 Å². The number of rotatable bonds is 13. The molecule has 5 heterocycles. The summed E-state index contributed by atoms with van der Waals surface area (Å²) < 4.78 is 29.2. The molecule has 0 unspecified atom stereocenters. The number of nitrogens with zero attached hydrogens (tertiary/aromatic N) is 5. The van der Waals surface area contributed by atoms with E-state index in [1.54, 1.807) is 37.1 Å². The minimum Gasteiger partial charge on any atom is -0.353 e. The van der Waals surface area contributed by atoms with Crippen molar-refractivity contribution in [2.24, 2.45) is 23.2 Å². The lowest BCUT2D eigenvalue weighted by Gasteiger charge is -2.53. The number of carbonyl (C=O) groups is 4. The molecule has 69 heavy (non-hydrogen) atoms. The summed E-state index contributed by atoms with van der Waals surface area (Å²) in [5.41, 5.74) is 2.10. The predicted molar refractivity (Wildman–Crippen MR) is 271 cm³/mol. The van der Waals surface area contributed by atoms with Gasteiger partial charge < -0.3 is 15.1 Å². The molecule has 0 bridgehead atoms. The molecule has 16 heteroatoms. The van der Waals surface area contributed by atoms with E-state index in [1.165, 1.54) is 4.90 Å². The van der Waals surface area contributed by atoms with Gasteiger partial charge in [-0.2, -0.15) is 0 Å². The highest BCUT2D eigenvalue weighted by Crippen LogP contribution is 2.53. The maximum atomic E-state index is 15.3. The van der Waals surface area contributed by atoms with Crippen molar-refractivity contribution in [1.82, 2.24) is 29.8 Å². The Morgan fingerprint density at radius 3 is 2.30 bits per heavy atom. The Morgan fingerprint density at radius 1 is 0.913 bits per heavy atom. The Kier molecular flexibility index (Phi) is 15.5. The van der Waals surface area contributed by atoms with Crippen molar-refractivity contribution in [2.75, 3.05) is 36.8 Å². The highest BCUT2D eigenvalue weighted by atomic mass is 35.5. The van der Waals surface area contributed by atoms with E-state index in [0.717, 1.165) is 74.8 Å². The van der Waals surface area contributed by atoms with Crippen LogP contribution in [0.15, 0.2) is 73.1 Å². The lowest BCUT2D eigenvalue weighted by Crippen LogP contribution is -2.59. The minimum atomic E-state index is -3.58. The number of carbonyl (C=O) groups excluding carboxylic acids is 4. The van der Waals surface area contributed by atoms with E-state index in [2.05, 4.69) is 32.4 Å². The number of benzene rings is 2. The predicted octanol–water partition coefficient (Wildman–Crippen LogP) is 8.83. The molecule has 2 N–H and O–H groups in total. The number of hydrogen-bond acceptors (Lipinski definition) is 8. The van der Waals surface area contributed by atoms with Gasteiger partial charge in [-0.15, -0.1) is 0 Å². The summed E-state index contributed by atoms with van der Waals surface area (Å²) in [6, 6.07) is 17.3. The van der Waals surface area contributed by atoms with Crippen LogP contribution >= 0.6 is 23.2 Å². The smallest absolute Gasteiger partial charge is 0.329 e. The van der Waals surface area contributed by atoms with Crippen LogP contribution in [0.1, 0.15) is 121 Å². The van der Waals surface area contributed by atoms with E-state index in [4.69, 9.17) is 23.2 Å². The van der Waals surface area contributed by atoms with Crippen LogP contribution in [0.25, 0.3) is 5.65 Å². The number of imidazole rings is 1. The average molecular weight is 999 g/mol. The molecular formula is C53H65Cl2N7O6S. The number of hydrogen-bond donors (Lipinski definition) is 2. The van der Waals surface area contributed by atoms with Crippen LogP contribution in [-0.4, -0.2) is 101 Å². The third-order valence-electron chi connectivity index (χ3n) is 15.0. The molecule has 4 aliphatic rings. The standard InChI is InChI=1S/C53H65Cl2N7O6S/c1-34(2)45(33-69(67,68)35(3)4)62-49(38-15-17-41(54)18-16-38)44(40-8-6-10-42(55)28-40)29-53(5,51(62)65)30-47(64)57-43-19-12-37(13-20-43)32-59-25-21-36(22-26-59)11-14-39-9-7-24-60-48(31-56-50(39)60)61-27-23-46(63)58-52(61)66/h6-10,15-18,24,28,31,34-37,43-45,49H,12-13,19-23,25-27,29-30,32-33H2,1-5H3,(H,57,64)(H,58,63,66)/t37?,43?,44-,45-,49-,53-/m1/s1. The molecule has 0 radical (unpaired) electrons. The van der Waals surface area contributed by atoms with Crippen molar-refractivity contribution in [2.45, 2.75) is 122 Å². The lowest BCUT2D eigenvalue weighted by atomic mass is 9.66. The second-order valence-electron chi connectivity index (χ2n) is 20.6. The number of pyridine rings is 1. The molecule has 368 valence electrons. The van der Waals surface area contributed by atoms with Gasteiger partial charge in [0, 0.05) is 66.1 Å². The van der Waals surface area contributed by atoms with Crippen molar-refractivity contribution < 1.29 is 27.6 Å². The molecule has 13 nitrogen and oxygen atoms in total. The monoisotopic (exact) mass is 997 g/mol. The van der Waals surface area contributed by atoms with Gasteiger partial charge in [-0.3, -0.25) is 29.0 Å². The number of aromatic nitrogens is 2. The molecule has 2 aromatic carbocycles. The number of imide groups is 1. The van der Waals surface area contributed by atoms with Crippen molar-refractivity contribution in [3.63, 3.8) is 0 Å². The first kappa shape index (κ1) is 50.4. The number of sulfone groups is 1. The van der Waals surface area contributed by atoms with Crippen LogP contribution in [0.4, 0.5) is 10.6 Å². The topological polar surface area (TPSA) is 154 Å². The zero-order valence-electron chi connectivity index (χ0n) is 40.3. The third-order valence-corrected chi connectivity index (χ3v) is 17.7. The van der Waals surface area contributed by atoms with Crippen molar-refractivity contribution in [3.05, 3.63) is 99.8 Å². The van der Waals surface area contributed by atoms with Crippen molar-refractivity contribution in [1.29, 1.82) is 0 Å². The number of amides is 5. The molecule has 4 atom stereocenters. The van der Waals surface area contributed by atoms with E-state index in [1.807, 2.05) is 79.9 Å². The third kappa shape index (κ3) is 11.5.